The number of ether oxygens (including phenoxy) is 1. The molecule has 0 bridgehead atoms. The highest BCUT2D eigenvalue weighted by Crippen LogP contribution is 2.27. The van der Waals surface area contributed by atoms with Crippen LogP contribution in [0.3, 0.4) is 0 Å². The molecule has 6 heteroatoms. The van der Waals surface area contributed by atoms with Crippen molar-refractivity contribution in [1.82, 2.24) is 5.43 Å². The van der Waals surface area contributed by atoms with Gasteiger partial charge in [0.25, 0.3) is 5.91 Å². The molecule has 0 heterocycles. The van der Waals surface area contributed by atoms with Crippen LogP contribution in [-0.2, 0) is 4.79 Å². The Kier molecular flexibility index (Phi) is 6.19. The second kappa shape index (κ2) is 8.57. The van der Waals surface area contributed by atoms with E-state index in [0.29, 0.717) is 17.7 Å². The van der Waals surface area contributed by atoms with Crippen molar-refractivity contribution >= 4 is 17.8 Å². The average Bonchev–Trinajstić information content (AvgIpc) is 2.62. The zero-order chi connectivity index (χ0) is 17.4. The molecular formula is C18H21N3O3. The van der Waals surface area contributed by atoms with E-state index in [1.807, 2.05) is 37.3 Å². The predicted molar refractivity (Wildman–Crippen MR) is 94.5 cm³/mol. The second-order valence-electron chi connectivity index (χ2n) is 5.10. The predicted octanol–water partition coefficient (Wildman–Crippen LogP) is 2.74. The van der Waals surface area contributed by atoms with E-state index in [9.17, 15) is 9.90 Å². The third kappa shape index (κ3) is 4.49. The summed E-state index contributed by atoms with van der Waals surface area (Å²) in [5, 5.41) is 17.0. The monoisotopic (exact) mass is 327 g/mol. The van der Waals surface area contributed by atoms with Crippen molar-refractivity contribution in [1.29, 1.82) is 0 Å². The Morgan fingerprint density at radius 1 is 1.25 bits per heavy atom. The van der Waals surface area contributed by atoms with Crippen molar-refractivity contribution < 1.29 is 14.6 Å². The number of carbonyl (C=O) groups is 1. The summed E-state index contributed by atoms with van der Waals surface area (Å²) in [6, 6.07) is 14.2. The number of para-hydroxylation sites is 2. The third-order valence-corrected chi connectivity index (χ3v) is 3.47. The van der Waals surface area contributed by atoms with E-state index in [1.165, 1.54) is 13.3 Å². The standard InChI is InChI=1S/C18H21N3O3/c1-3-15(20-14-9-5-4-6-10-14)18(23)21-19-12-13-8-7-11-16(24-2)17(13)22/h4-12,15,20,22H,3H2,1-2H3,(H,21,23)/b19-12-/t15-/m1/s1. The van der Waals surface area contributed by atoms with Gasteiger partial charge in [0, 0.05) is 11.3 Å². The largest absolute Gasteiger partial charge is 0.504 e. The van der Waals surface area contributed by atoms with Gasteiger partial charge in [-0.3, -0.25) is 4.79 Å². The van der Waals surface area contributed by atoms with Crippen LogP contribution in [0.5, 0.6) is 11.5 Å². The molecule has 1 amide bonds. The van der Waals surface area contributed by atoms with Gasteiger partial charge in [0.05, 0.1) is 13.3 Å². The Morgan fingerprint density at radius 2 is 2.00 bits per heavy atom. The smallest absolute Gasteiger partial charge is 0.262 e. The molecule has 0 aliphatic carbocycles. The van der Waals surface area contributed by atoms with Crippen molar-refractivity contribution in [2.24, 2.45) is 5.10 Å². The summed E-state index contributed by atoms with van der Waals surface area (Å²) >= 11 is 0. The number of phenolic OH excluding ortho intramolecular Hbond substituents is 1. The van der Waals surface area contributed by atoms with Crippen molar-refractivity contribution in [2.45, 2.75) is 19.4 Å². The normalized spacial score (nSPS) is 11.9. The highest BCUT2D eigenvalue weighted by atomic mass is 16.5. The van der Waals surface area contributed by atoms with E-state index < -0.39 is 6.04 Å². The van der Waals surface area contributed by atoms with E-state index in [2.05, 4.69) is 15.8 Å². The SMILES string of the molecule is CC[C@@H](Nc1ccccc1)C(=O)N/N=C\c1cccc(OC)c1O. The second-order valence-corrected chi connectivity index (χ2v) is 5.10. The van der Waals surface area contributed by atoms with Gasteiger partial charge in [0.1, 0.15) is 6.04 Å². The molecule has 0 spiro atoms. The van der Waals surface area contributed by atoms with Gasteiger partial charge in [-0.1, -0.05) is 31.2 Å². The van der Waals surface area contributed by atoms with Crippen molar-refractivity contribution in [3.05, 3.63) is 54.1 Å². The van der Waals surface area contributed by atoms with Gasteiger partial charge >= 0.3 is 0 Å². The molecule has 2 aromatic carbocycles. The number of phenols is 1. The van der Waals surface area contributed by atoms with Crippen LogP contribution in [0.4, 0.5) is 5.69 Å². The molecule has 0 unspecified atom stereocenters. The van der Waals surface area contributed by atoms with Crippen molar-refractivity contribution in [3.63, 3.8) is 0 Å². The fourth-order valence-electron chi connectivity index (χ4n) is 2.14. The Morgan fingerprint density at radius 3 is 2.67 bits per heavy atom. The summed E-state index contributed by atoms with van der Waals surface area (Å²) in [5.74, 6) is 0.0786. The minimum Gasteiger partial charge on any atom is -0.504 e. The fourth-order valence-corrected chi connectivity index (χ4v) is 2.14. The number of benzene rings is 2. The van der Waals surface area contributed by atoms with Gasteiger partial charge in [0.2, 0.25) is 0 Å². The first-order valence-electron chi connectivity index (χ1n) is 7.66. The number of carbonyl (C=O) groups excluding carboxylic acids is 1. The molecule has 0 aromatic heterocycles. The van der Waals surface area contributed by atoms with E-state index in [-0.39, 0.29) is 11.7 Å². The Labute approximate surface area is 141 Å². The van der Waals surface area contributed by atoms with Gasteiger partial charge in [-0.15, -0.1) is 0 Å². The lowest BCUT2D eigenvalue weighted by molar-refractivity contribution is -0.121. The number of hydrogen-bond acceptors (Lipinski definition) is 5. The van der Waals surface area contributed by atoms with E-state index >= 15 is 0 Å². The summed E-state index contributed by atoms with van der Waals surface area (Å²) in [4.78, 5) is 12.2. The Balaban J connectivity index is 1.98. The molecule has 0 aliphatic rings. The van der Waals surface area contributed by atoms with Crippen LogP contribution >= 0.6 is 0 Å². The molecule has 1 atom stereocenters. The van der Waals surface area contributed by atoms with Crippen LogP contribution in [0.2, 0.25) is 0 Å². The number of hydrazone groups is 1. The zero-order valence-corrected chi connectivity index (χ0v) is 13.7. The number of aromatic hydroxyl groups is 1. The van der Waals surface area contributed by atoms with E-state index in [4.69, 9.17) is 4.74 Å². The van der Waals surface area contributed by atoms with Crippen molar-refractivity contribution in [2.75, 3.05) is 12.4 Å². The molecule has 0 saturated carbocycles. The number of hydrogen-bond donors (Lipinski definition) is 3. The minimum atomic E-state index is -0.400. The lowest BCUT2D eigenvalue weighted by Gasteiger charge is -2.16. The molecule has 24 heavy (non-hydrogen) atoms. The highest BCUT2D eigenvalue weighted by Gasteiger charge is 2.15. The van der Waals surface area contributed by atoms with Gasteiger partial charge in [-0.25, -0.2) is 5.43 Å². The van der Waals surface area contributed by atoms with Gasteiger partial charge in [-0.05, 0) is 30.7 Å². The number of methoxy groups -OCH3 is 1. The molecule has 0 aliphatic heterocycles. The summed E-state index contributed by atoms with van der Waals surface area (Å²) < 4.78 is 5.03. The van der Waals surface area contributed by atoms with Crippen molar-refractivity contribution in [3.8, 4) is 11.5 Å². The molecular weight excluding hydrogens is 306 g/mol. The summed E-state index contributed by atoms with van der Waals surface area (Å²) in [5.41, 5.74) is 3.81. The van der Waals surface area contributed by atoms with Crippen LogP contribution in [0, 0.1) is 0 Å². The lowest BCUT2D eigenvalue weighted by Crippen LogP contribution is -2.36. The Bertz CT molecular complexity index is 702. The van der Waals surface area contributed by atoms with Gasteiger partial charge < -0.3 is 15.2 Å². The van der Waals surface area contributed by atoms with Crippen LogP contribution < -0.4 is 15.5 Å². The van der Waals surface area contributed by atoms with Crippen LogP contribution in [0.1, 0.15) is 18.9 Å². The number of nitrogens with zero attached hydrogens (tertiary/aromatic N) is 1. The molecule has 0 radical (unpaired) electrons. The number of rotatable bonds is 7. The Hall–Kier alpha value is -3.02. The lowest BCUT2D eigenvalue weighted by atomic mass is 10.2. The number of anilines is 1. The summed E-state index contributed by atoms with van der Waals surface area (Å²) in [7, 11) is 1.47. The molecule has 126 valence electrons. The van der Waals surface area contributed by atoms with Crippen LogP contribution in [0.25, 0.3) is 0 Å². The third-order valence-electron chi connectivity index (χ3n) is 3.47. The quantitative estimate of drug-likeness (QED) is 0.539. The first kappa shape index (κ1) is 17.3. The molecule has 2 aromatic rings. The number of amides is 1. The number of nitrogens with one attached hydrogen (secondary N) is 2. The van der Waals surface area contributed by atoms with Crippen LogP contribution in [-0.4, -0.2) is 30.4 Å². The van der Waals surface area contributed by atoms with Crippen LogP contribution in [0.15, 0.2) is 53.6 Å². The molecule has 6 nitrogen and oxygen atoms in total. The first-order valence-corrected chi connectivity index (χ1v) is 7.66. The fraction of sp³-hybridized carbons (Fsp3) is 0.222. The average molecular weight is 327 g/mol. The zero-order valence-electron chi connectivity index (χ0n) is 13.7. The van der Waals surface area contributed by atoms with Gasteiger partial charge in [0.15, 0.2) is 11.5 Å². The minimum absolute atomic E-state index is 0.0209. The molecule has 0 fully saturated rings. The summed E-state index contributed by atoms with van der Waals surface area (Å²) in [6.07, 6.45) is 1.99. The topological polar surface area (TPSA) is 83.0 Å². The first-order chi connectivity index (χ1) is 11.7. The highest BCUT2D eigenvalue weighted by molar-refractivity contribution is 5.88. The maximum Gasteiger partial charge on any atom is 0.262 e. The molecule has 3 N–H and O–H groups in total. The molecule has 2 rings (SSSR count). The molecule has 0 saturated heterocycles. The maximum atomic E-state index is 12.2. The van der Waals surface area contributed by atoms with Gasteiger partial charge in [-0.2, -0.15) is 5.10 Å². The maximum absolute atomic E-state index is 12.2. The van der Waals surface area contributed by atoms with E-state index in [0.717, 1.165) is 5.69 Å². The van der Waals surface area contributed by atoms with E-state index in [1.54, 1.807) is 18.2 Å². The summed E-state index contributed by atoms with van der Waals surface area (Å²) in [6.45, 7) is 1.91.